The second-order valence-corrected chi connectivity index (χ2v) is 4.02. The van der Waals surface area contributed by atoms with Crippen molar-refractivity contribution < 1.29 is 19.1 Å². The number of nitrogens with zero attached hydrogens (tertiary/aromatic N) is 1. The van der Waals surface area contributed by atoms with Gasteiger partial charge in [-0.25, -0.2) is 0 Å². The standard InChI is InChI=1S/C13H17NO4/c1-9(13(16)14(2)3)18-12-7-10(8-15)5-6-11(12)17-4/h5-9H,1-4H3. The van der Waals surface area contributed by atoms with Gasteiger partial charge in [-0.3, -0.25) is 9.59 Å². The Morgan fingerprint density at radius 1 is 1.33 bits per heavy atom. The number of benzene rings is 1. The summed E-state index contributed by atoms with van der Waals surface area (Å²) in [5, 5.41) is 0. The van der Waals surface area contributed by atoms with Crippen LogP contribution in [-0.4, -0.2) is 44.4 Å². The minimum absolute atomic E-state index is 0.159. The molecule has 0 saturated heterocycles. The molecular formula is C13H17NO4. The average Bonchev–Trinajstić information content (AvgIpc) is 2.37. The molecule has 0 aliphatic rings. The minimum Gasteiger partial charge on any atom is -0.493 e. The summed E-state index contributed by atoms with van der Waals surface area (Å²) in [5.74, 6) is 0.706. The van der Waals surface area contributed by atoms with Crippen LogP contribution < -0.4 is 9.47 Å². The lowest BCUT2D eigenvalue weighted by Gasteiger charge is -2.19. The van der Waals surface area contributed by atoms with E-state index in [4.69, 9.17) is 9.47 Å². The third kappa shape index (κ3) is 3.23. The van der Waals surface area contributed by atoms with E-state index in [9.17, 15) is 9.59 Å². The molecule has 0 fully saturated rings. The fraction of sp³-hybridized carbons (Fsp3) is 0.385. The smallest absolute Gasteiger partial charge is 0.262 e. The Labute approximate surface area is 106 Å². The van der Waals surface area contributed by atoms with Crippen molar-refractivity contribution in [2.24, 2.45) is 0 Å². The highest BCUT2D eigenvalue weighted by molar-refractivity contribution is 5.81. The van der Waals surface area contributed by atoms with Crippen LogP contribution in [0.15, 0.2) is 18.2 Å². The first-order chi connectivity index (χ1) is 8.49. The number of hydrogen-bond acceptors (Lipinski definition) is 4. The van der Waals surface area contributed by atoms with Gasteiger partial charge in [0.05, 0.1) is 7.11 Å². The van der Waals surface area contributed by atoms with E-state index in [1.165, 1.54) is 12.0 Å². The lowest BCUT2D eigenvalue weighted by molar-refractivity contribution is -0.135. The number of methoxy groups -OCH3 is 1. The van der Waals surface area contributed by atoms with E-state index in [1.807, 2.05) is 0 Å². The largest absolute Gasteiger partial charge is 0.493 e. The maximum absolute atomic E-state index is 11.7. The van der Waals surface area contributed by atoms with Crippen LogP contribution in [0, 0.1) is 0 Å². The highest BCUT2D eigenvalue weighted by Crippen LogP contribution is 2.28. The van der Waals surface area contributed by atoms with Crippen LogP contribution in [0.3, 0.4) is 0 Å². The zero-order valence-electron chi connectivity index (χ0n) is 11.0. The van der Waals surface area contributed by atoms with Crippen molar-refractivity contribution >= 4 is 12.2 Å². The summed E-state index contributed by atoms with van der Waals surface area (Å²) < 4.78 is 10.6. The molecular weight excluding hydrogens is 234 g/mol. The second-order valence-electron chi connectivity index (χ2n) is 4.02. The van der Waals surface area contributed by atoms with Crippen molar-refractivity contribution in [3.63, 3.8) is 0 Å². The number of likely N-dealkylation sites (N-methyl/N-ethyl adjacent to an activating group) is 1. The van der Waals surface area contributed by atoms with Crippen LogP contribution in [0.4, 0.5) is 0 Å². The molecule has 1 aromatic carbocycles. The summed E-state index contributed by atoms with van der Waals surface area (Å²) in [7, 11) is 4.81. The van der Waals surface area contributed by atoms with E-state index < -0.39 is 6.10 Å². The molecule has 0 bridgehead atoms. The summed E-state index contributed by atoms with van der Waals surface area (Å²) in [4.78, 5) is 23.9. The Morgan fingerprint density at radius 2 is 2.00 bits per heavy atom. The van der Waals surface area contributed by atoms with E-state index in [0.717, 1.165) is 0 Å². The van der Waals surface area contributed by atoms with Crippen molar-refractivity contribution in [3.05, 3.63) is 23.8 Å². The molecule has 1 amide bonds. The first kappa shape index (κ1) is 14.0. The molecule has 1 atom stereocenters. The molecule has 0 aliphatic heterocycles. The van der Waals surface area contributed by atoms with Crippen LogP contribution in [0.2, 0.25) is 0 Å². The van der Waals surface area contributed by atoms with E-state index in [2.05, 4.69) is 0 Å². The van der Waals surface area contributed by atoms with Gasteiger partial charge in [0, 0.05) is 19.7 Å². The SMILES string of the molecule is COc1ccc(C=O)cc1OC(C)C(=O)N(C)C. The van der Waals surface area contributed by atoms with Gasteiger partial charge in [0.2, 0.25) is 0 Å². The number of carbonyl (C=O) groups excluding carboxylic acids is 2. The van der Waals surface area contributed by atoms with Gasteiger partial charge in [0.1, 0.15) is 6.29 Å². The van der Waals surface area contributed by atoms with Crippen LogP contribution in [0.1, 0.15) is 17.3 Å². The molecule has 1 aromatic rings. The monoisotopic (exact) mass is 251 g/mol. The van der Waals surface area contributed by atoms with Crippen LogP contribution in [-0.2, 0) is 4.79 Å². The van der Waals surface area contributed by atoms with E-state index in [1.54, 1.807) is 39.2 Å². The van der Waals surface area contributed by atoms with Gasteiger partial charge in [-0.15, -0.1) is 0 Å². The zero-order chi connectivity index (χ0) is 13.7. The predicted octanol–water partition coefficient (Wildman–Crippen LogP) is 1.36. The predicted molar refractivity (Wildman–Crippen MR) is 67.2 cm³/mol. The molecule has 0 aliphatic carbocycles. The number of rotatable bonds is 5. The number of aldehydes is 1. The quantitative estimate of drug-likeness (QED) is 0.741. The maximum atomic E-state index is 11.7. The highest BCUT2D eigenvalue weighted by atomic mass is 16.5. The van der Waals surface area contributed by atoms with E-state index in [-0.39, 0.29) is 5.91 Å². The number of hydrogen-bond donors (Lipinski definition) is 0. The first-order valence-electron chi connectivity index (χ1n) is 5.50. The summed E-state index contributed by atoms with van der Waals surface area (Å²) >= 11 is 0. The molecule has 1 unspecified atom stereocenters. The third-order valence-electron chi connectivity index (χ3n) is 2.42. The van der Waals surface area contributed by atoms with Crippen molar-refractivity contribution in [2.75, 3.05) is 21.2 Å². The van der Waals surface area contributed by atoms with Crippen LogP contribution in [0.5, 0.6) is 11.5 Å². The first-order valence-corrected chi connectivity index (χ1v) is 5.50. The van der Waals surface area contributed by atoms with Crippen LogP contribution in [0.25, 0.3) is 0 Å². The second kappa shape index (κ2) is 6.05. The Hall–Kier alpha value is -2.04. The van der Waals surface area contributed by atoms with Crippen molar-refractivity contribution in [1.29, 1.82) is 0 Å². The number of ether oxygens (including phenoxy) is 2. The zero-order valence-corrected chi connectivity index (χ0v) is 11.0. The van der Waals surface area contributed by atoms with E-state index in [0.29, 0.717) is 23.3 Å². The molecule has 18 heavy (non-hydrogen) atoms. The highest BCUT2D eigenvalue weighted by Gasteiger charge is 2.18. The van der Waals surface area contributed by atoms with Gasteiger partial charge in [0.25, 0.3) is 5.91 Å². The molecule has 0 heterocycles. The van der Waals surface area contributed by atoms with Gasteiger partial charge >= 0.3 is 0 Å². The Balaban J connectivity index is 2.94. The van der Waals surface area contributed by atoms with Crippen molar-refractivity contribution in [1.82, 2.24) is 4.90 Å². The third-order valence-corrected chi connectivity index (χ3v) is 2.42. The van der Waals surface area contributed by atoms with Gasteiger partial charge in [-0.1, -0.05) is 0 Å². The molecule has 0 aromatic heterocycles. The summed E-state index contributed by atoms with van der Waals surface area (Å²) in [5.41, 5.74) is 0.468. The molecule has 0 spiro atoms. The molecule has 0 saturated carbocycles. The lowest BCUT2D eigenvalue weighted by atomic mass is 10.2. The maximum Gasteiger partial charge on any atom is 0.262 e. The fourth-order valence-electron chi connectivity index (χ4n) is 1.46. The average molecular weight is 251 g/mol. The Kier molecular flexibility index (Phi) is 4.71. The van der Waals surface area contributed by atoms with Gasteiger partial charge in [0.15, 0.2) is 17.6 Å². The summed E-state index contributed by atoms with van der Waals surface area (Å²) in [6.07, 6.45) is 0.0703. The van der Waals surface area contributed by atoms with Gasteiger partial charge in [-0.2, -0.15) is 0 Å². The molecule has 0 radical (unpaired) electrons. The molecule has 98 valence electrons. The Morgan fingerprint density at radius 3 is 2.50 bits per heavy atom. The summed E-state index contributed by atoms with van der Waals surface area (Å²) in [6.45, 7) is 1.65. The molecule has 1 rings (SSSR count). The fourth-order valence-corrected chi connectivity index (χ4v) is 1.46. The lowest BCUT2D eigenvalue weighted by Crippen LogP contribution is -2.35. The molecule has 0 N–H and O–H groups in total. The summed E-state index contributed by atoms with van der Waals surface area (Å²) in [6, 6.07) is 4.80. The van der Waals surface area contributed by atoms with Crippen molar-refractivity contribution in [2.45, 2.75) is 13.0 Å². The number of amides is 1. The van der Waals surface area contributed by atoms with Crippen LogP contribution >= 0.6 is 0 Å². The van der Waals surface area contributed by atoms with Gasteiger partial charge < -0.3 is 14.4 Å². The Bertz CT molecular complexity index is 443. The minimum atomic E-state index is -0.643. The molecule has 5 nitrogen and oxygen atoms in total. The normalized spacial score (nSPS) is 11.6. The topological polar surface area (TPSA) is 55.8 Å². The van der Waals surface area contributed by atoms with E-state index >= 15 is 0 Å². The van der Waals surface area contributed by atoms with Gasteiger partial charge in [-0.05, 0) is 25.1 Å². The van der Waals surface area contributed by atoms with Crippen molar-refractivity contribution in [3.8, 4) is 11.5 Å². The number of carbonyl (C=O) groups is 2. The molecule has 5 heteroatoms.